The molecule has 0 spiro atoms. The van der Waals surface area contributed by atoms with Crippen molar-refractivity contribution >= 4 is 32.2 Å². The molecule has 0 aliphatic carbocycles. The topological polar surface area (TPSA) is 74.8 Å². The lowest BCUT2D eigenvalue weighted by atomic mass is 10.4. The van der Waals surface area contributed by atoms with Gasteiger partial charge in [-0.25, -0.2) is 16.8 Å². The Bertz CT molecular complexity index is 405. The lowest BCUT2D eigenvalue weighted by Gasteiger charge is -2.22. The lowest BCUT2D eigenvalue weighted by molar-refractivity contribution is 0.549. The van der Waals surface area contributed by atoms with E-state index in [9.17, 15) is 16.8 Å². The molecule has 0 aliphatic heterocycles. The van der Waals surface area contributed by atoms with E-state index in [-0.39, 0.29) is 11.5 Å². The largest absolute Gasteiger partial charge is 0.224 e. The highest BCUT2D eigenvalue weighted by molar-refractivity contribution is 8.13. The summed E-state index contributed by atoms with van der Waals surface area (Å²) in [7, 11) is -4.06. The Balaban J connectivity index is 4.59. The number of nitrogens with zero attached hydrogens (tertiary/aromatic N) is 2. The summed E-state index contributed by atoms with van der Waals surface area (Å²) < 4.78 is 49.4. The van der Waals surface area contributed by atoms with Crippen molar-refractivity contribution in [1.82, 2.24) is 7.42 Å². The number of unbranched alkanes of at least 4 members (excludes halogenated alkanes) is 2. The molecule has 116 valence electrons. The van der Waals surface area contributed by atoms with Gasteiger partial charge in [0.25, 0.3) is 0 Å². The third-order valence-corrected chi connectivity index (χ3v) is 7.92. The molecule has 0 amide bonds. The fraction of sp³-hybridized carbons (Fsp3) is 1.00. The van der Waals surface area contributed by atoms with Crippen LogP contribution in [0.4, 0.5) is 0 Å². The summed E-state index contributed by atoms with van der Waals surface area (Å²) in [5.74, 6) is 0.0751. The third kappa shape index (κ3) is 6.94. The maximum Gasteiger partial charge on any atom is 0.224 e. The van der Waals surface area contributed by atoms with Crippen molar-refractivity contribution in [3.05, 3.63) is 0 Å². The molecule has 0 fully saturated rings. The van der Waals surface area contributed by atoms with Crippen LogP contribution in [0.25, 0.3) is 0 Å². The fourth-order valence-corrected chi connectivity index (χ4v) is 5.31. The van der Waals surface area contributed by atoms with Crippen molar-refractivity contribution in [2.75, 3.05) is 25.6 Å². The smallest absolute Gasteiger partial charge is 0.211 e. The Hall–Kier alpha value is 0.170. The Kier molecular flexibility index (Phi) is 8.53. The zero-order valence-corrected chi connectivity index (χ0v) is 14.4. The van der Waals surface area contributed by atoms with Gasteiger partial charge >= 0.3 is 0 Å². The van der Waals surface area contributed by atoms with Gasteiger partial charge in [-0.05, 0) is 12.8 Å². The summed E-state index contributed by atoms with van der Waals surface area (Å²) in [6, 6.07) is 0. The zero-order valence-electron chi connectivity index (χ0n) is 12.0. The molecular weight excluding hydrogens is 308 g/mol. The summed E-state index contributed by atoms with van der Waals surface area (Å²) in [5, 5.41) is 0. The van der Waals surface area contributed by atoms with Gasteiger partial charge in [0.2, 0.25) is 20.0 Å². The van der Waals surface area contributed by atoms with Gasteiger partial charge in [0.05, 0.1) is 11.5 Å². The highest BCUT2D eigenvalue weighted by Crippen LogP contribution is 2.21. The predicted molar refractivity (Wildman–Crippen MR) is 80.5 cm³/mol. The van der Waals surface area contributed by atoms with Gasteiger partial charge in [-0.15, -0.1) is 7.42 Å². The van der Waals surface area contributed by atoms with Crippen LogP contribution in [0.15, 0.2) is 0 Å². The molecule has 0 heterocycles. The van der Waals surface area contributed by atoms with Crippen molar-refractivity contribution in [2.24, 2.45) is 0 Å². The van der Waals surface area contributed by atoms with E-state index in [1.165, 1.54) is 14.1 Å². The van der Waals surface area contributed by atoms with E-state index in [2.05, 4.69) is 0 Å². The second-order valence-electron chi connectivity index (χ2n) is 4.24. The molecule has 0 atom stereocenters. The van der Waals surface area contributed by atoms with Crippen molar-refractivity contribution in [1.29, 1.82) is 0 Å². The molecular formula is C10H24N2O4S3. The summed E-state index contributed by atoms with van der Waals surface area (Å²) in [6.07, 6.45) is 2.70. The molecule has 0 saturated carbocycles. The van der Waals surface area contributed by atoms with Crippen LogP contribution in [0.2, 0.25) is 0 Å². The first kappa shape index (κ1) is 19.2. The number of hydrogen-bond donors (Lipinski definition) is 0. The first-order chi connectivity index (χ1) is 8.67. The molecule has 0 saturated heterocycles. The Morgan fingerprint density at radius 3 is 1.37 bits per heavy atom. The average molecular weight is 333 g/mol. The molecule has 0 radical (unpaired) electrons. The number of rotatable bonds is 10. The highest BCUT2D eigenvalue weighted by atomic mass is 32.3. The molecule has 0 aromatic heterocycles. The fourth-order valence-electron chi connectivity index (χ4n) is 1.17. The van der Waals surface area contributed by atoms with Gasteiger partial charge in [-0.2, -0.15) is 0 Å². The third-order valence-electron chi connectivity index (χ3n) is 2.53. The summed E-state index contributed by atoms with van der Waals surface area (Å²) in [5.41, 5.74) is 0. The minimum atomic E-state index is -3.41. The van der Waals surface area contributed by atoms with E-state index in [1.54, 1.807) is 0 Å². The van der Waals surface area contributed by atoms with E-state index >= 15 is 0 Å². The quantitative estimate of drug-likeness (QED) is 0.569. The van der Waals surface area contributed by atoms with Crippen molar-refractivity contribution in [2.45, 2.75) is 39.5 Å². The van der Waals surface area contributed by atoms with E-state index < -0.39 is 20.0 Å². The minimum absolute atomic E-state index is 0.0375. The van der Waals surface area contributed by atoms with Gasteiger partial charge in [0.15, 0.2) is 0 Å². The van der Waals surface area contributed by atoms with E-state index in [4.69, 9.17) is 0 Å². The number of hydrogen-bond acceptors (Lipinski definition) is 5. The first-order valence-corrected chi connectivity index (χ1v) is 10.2. The SMILES string of the molecule is CCCCS(=O)(=O)N(C)SN(C)S(=O)(=O)CCCC. The van der Waals surface area contributed by atoms with Crippen molar-refractivity contribution in [3.8, 4) is 0 Å². The second kappa shape index (κ2) is 8.46. The Morgan fingerprint density at radius 1 is 0.789 bits per heavy atom. The number of sulfonamides is 2. The van der Waals surface area contributed by atoms with Crippen LogP contribution >= 0.6 is 12.1 Å². The molecule has 6 nitrogen and oxygen atoms in total. The molecule has 0 unspecified atom stereocenters. The summed E-state index contributed by atoms with van der Waals surface area (Å²) in [6.45, 7) is 3.81. The molecule has 0 N–H and O–H groups in total. The van der Waals surface area contributed by atoms with Gasteiger partial charge < -0.3 is 0 Å². The van der Waals surface area contributed by atoms with Gasteiger partial charge in [-0.1, -0.05) is 26.7 Å². The monoisotopic (exact) mass is 332 g/mol. The standard InChI is InChI=1S/C10H24N2O4S3/c1-5-7-9-18(13,14)11(3)17-12(4)19(15,16)10-8-6-2/h5-10H2,1-4H3. The van der Waals surface area contributed by atoms with E-state index in [1.807, 2.05) is 13.8 Å². The van der Waals surface area contributed by atoms with Crippen LogP contribution in [0.3, 0.4) is 0 Å². The van der Waals surface area contributed by atoms with Crippen LogP contribution in [0.1, 0.15) is 39.5 Å². The summed E-state index contributed by atoms with van der Waals surface area (Å²) in [4.78, 5) is 0. The van der Waals surface area contributed by atoms with Crippen LogP contribution in [0, 0.1) is 0 Å². The minimum Gasteiger partial charge on any atom is -0.211 e. The molecule has 0 aliphatic rings. The van der Waals surface area contributed by atoms with Crippen LogP contribution in [0.5, 0.6) is 0 Å². The predicted octanol–water partition coefficient (Wildman–Crippen LogP) is 1.67. The lowest BCUT2D eigenvalue weighted by Crippen LogP contribution is -2.31. The van der Waals surface area contributed by atoms with E-state index in [0.29, 0.717) is 25.0 Å². The highest BCUT2D eigenvalue weighted by Gasteiger charge is 2.25. The van der Waals surface area contributed by atoms with Gasteiger partial charge in [0.1, 0.15) is 0 Å². The molecule has 0 aromatic carbocycles. The van der Waals surface area contributed by atoms with Gasteiger partial charge in [-0.3, -0.25) is 0 Å². The van der Waals surface area contributed by atoms with Crippen molar-refractivity contribution < 1.29 is 16.8 Å². The summed E-state index contributed by atoms with van der Waals surface area (Å²) >= 11 is 0.705. The molecule has 0 aromatic rings. The molecule has 9 heteroatoms. The first-order valence-electron chi connectivity index (χ1n) is 6.28. The molecule has 0 rings (SSSR count). The zero-order chi connectivity index (χ0) is 15.1. The second-order valence-corrected chi connectivity index (χ2v) is 10.2. The Labute approximate surface area is 121 Å². The maximum absolute atomic E-state index is 11.8. The van der Waals surface area contributed by atoms with Crippen LogP contribution in [-0.2, 0) is 20.0 Å². The Morgan fingerprint density at radius 2 is 1.11 bits per heavy atom. The maximum atomic E-state index is 11.8. The average Bonchev–Trinajstić information content (AvgIpc) is 2.33. The van der Waals surface area contributed by atoms with Crippen molar-refractivity contribution in [3.63, 3.8) is 0 Å². The molecule has 0 bridgehead atoms. The van der Waals surface area contributed by atoms with Gasteiger partial charge in [0, 0.05) is 26.2 Å². The normalized spacial score (nSPS) is 13.4. The van der Waals surface area contributed by atoms with E-state index in [0.717, 1.165) is 20.3 Å². The molecule has 19 heavy (non-hydrogen) atoms. The van der Waals surface area contributed by atoms with Crippen LogP contribution in [-0.4, -0.2) is 49.9 Å². The van der Waals surface area contributed by atoms with Crippen LogP contribution < -0.4 is 0 Å².